The number of ether oxygens (including phenoxy) is 4. The molecule has 6 N–H and O–H groups in total. The van der Waals surface area contributed by atoms with Gasteiger partial charge in [-0.3, -0.25) is 9.59 Å². The smallest absolute Gasteiger partial charge is 0.344 e. The maximum absolute atomic E-state index is 13.2. The van der Waals surface area contributed by atoms with Gasteiger partial charge in [-0.25, -0.2) is 14.4 Å². The molecule has 0 spiro atoms. The number of carbonyl (C=O) groups is 5. The zero-order chi connectivity index (χ0) is 37.8. The lowest BCUT2D eigenvalue weighted by Crippen LogP contribution is -2.78. The van der Waals surface area contributed by atoms with Gasteiger partial charge in [-0.1, -0.05) is 71.0 Å². The fourth-order valence-electron chi connectivity index (χ4n) is 6.82. The third kappa shape index (κ3) is 7.86. The third-order valence-electron chi connectivity index (χ3n) is 9.77. The van der Waals surface area contributed by atoms with Gasteiger partial charge in [-0.2, -0.15) is 0 Å². The number of carbonyl (C=O) groups excluding carboxylic acids is 2. The topological polar surface area (TPSA) is 244 Å². The summed E-state index contributed by atoms with van der Waals surface area (Å²) in [4.78, 5) is 63.2. The van der Waals surface area contributed by atoms with Crippen molar-refractivity contribution in [2.45, 2.75) is 121 Å². The molecule has 278 valence electrons. The highest BCUT2D eigenvalue weighted by Gasteiger charge is 2.85. The van der Waals surface area contributed by atoms with E-state index in [1.807, 2.05) is 44.2 Å². The summed E-state index contributed by atoms with van der Waals surface area (Å²) in [6, 6.07) is 9.24. The van der Waals surface area contributed by atoms with Crippen molar-refractivity contribution in [3.63, 3.8) is 0 Å². The van der Waals surface area contributed by atoms with Crippen LogP contribution in [0.4, 0.5) is 0 Å². The van der Waals surface area contributed by atoms with Gasteiger partial charge in [0, 0.05) is 19.3 Å². The highest BCUT2D eigenvalue weighted by Crippen LogP contribution is 2.56. The number of carboxylic acids is 3. The number of hydrogen-bond acceptors (Lipinski definition) is 12. The lowest BCUT2D eigenvalue weighted by atomic mass is 9.74. The summed E-state index contributed by atoms with van der Waals surface area (Å²) in [5.74, 6) is -12.0. The van der Waals surface area contributed by atoms with Gasteiger partial charge in [-0.15, -0.1) is 0 Å². The van der Waals surface area contributed by atoms with Gasteiger partial charge in [0.1, 0.15) is 12.2 Å². The molecule has 1 aromatic rings. The van der Waals surface area contributed by atoms with Crippen molar-refractivity contribution in [3.05, 3.63) is 48.0 Å². The molecule has 2 bridgehead atoms. The monoisotopic (exact) mass is 708 g/mol. The third-order valence-corrected chi connectivity index (χ3v) is 9.77. The number of fused-ring (bicyclic) bond motifs is 2. The maximum atomic E-state index is 13.2. The van der Waals surface area contributed by atoms with E-state index in [9.17, 15) is 54.6 Å². The first-order valence-corrected chi connectivity index (χ1v) is 16.5. The van der Waals surface area contributed by atoms with E-state index in [2.05, 4.69) is 6.58 Å². The summed E-state index contributed by atoms with van der Waals surface area (Å²) in [5.41, 5.74) is -6.41. The van der Waals surface area contributed by atoms with Gasteiger partial charge in [0.05, 0.1) is 12.5 Å². The normalized spacial score (nSPS) is 30.3. The van der Waals surface area contributed by atoms with Crippen LogP contribution >= 0.6 is 0 Å². The minimum absolute atomic E-state index is 0.197. The van der Waals surface area contributed by atoms with Crippen LogP contribution in [0.5, 0.6) is 0 Å². The first-order chi connectivity index (χ1) is 23.3. The van der Waals surface area contributed by atoms with E-state index in [-0.39, 0.29) is 23.8 Å². The van der Waals surface area contributed by atoms with Crippen LogP contribution in [0.3, 0.4) is 0 Å². The van der Waals surface area contributed by atoms with Crippen molar-refractivity contribution in [3.8, 4) is 0 Å². The van der Waals surface area contributed by atoms with Crippen LogP contribution in [-0.2, 0) is 49.3 Å². The van der Waals surface area contributed by atoms with Crippen molar-refractivity contribution in [1.82, 2.24) is 0 Å². The first kappa shape index (κ1) is 40.5. The first-order valence-electron chi connectivity index (χ1n) is 16.5. The molecular weight excluding hydrogens is 660 g/mol. The van der Waals surface area contributed by atoms with Crippen molar-refractivity contribution in [2.75, 3.05) is 0 Å². The van der Waals surface area contributed by atoms with E-state index in [0.717, 1.165) is 12.0 Å². The number of aliphatic hydroxyl groups is 3. The molecule has 0 aromatic heterocycles. The van der Waals surface area contributed by atoms with Gasteiger partial charge >= 0.3 is 29.8 Å². The Labute approximate surface area is 289 Å². The van der Waals surface area contributed by atoms with Crippen LogP contribution in [-0.4, -0.2) is 108 Å². The summed E-state index contributed by atoms with van der Waals surface area (Å²) in [6.07, 6.45) is -9.82. The van der Waals surface area contributed by atoms with Crippen molar-refractivity contribution >= 4 is 29.8 Å². The highest BCUT2D eigenvalue weighted by atomic mass is 16.8. The molecule has 0 saturated carbocycles. The molecule has 2 aliphatic heterocycles. The Morgan fingerprint density at radius 1 is 1.00 bits per heavy atom. The summed E-state index contributed by atoms with van der Waals surface area (Å²) < 4.78 is 22.0. The molecule has 2 saturated heterocycles. The second kappa shape index (κ2) is 16.0. The van der Waals surface area contributed by atoms with Gasteiger partial charge < -0.3 is 49.6 Å². The molecule has 0 amide bonds. The van der Waals surface area contributed by atoms with E-state index in [1.165, 1.54) is 6.92 Å². The van der Waals surface area contributed by atoms with Gasteiger partial charge in [0.2, 0.25) is 23.1 Å². The van der Waals surface area contributed by atoms with Gasteiger partial charge in [-0.05, 0) is 42.2 Å². The Hall–Kier alpha value is -3.89. The molecule has 0 radical (unpaired) electrons. The average molecular weight is 709 g/mol. The van der Waals surface area contributed by atoms with E-state index < -0.39 is 96.1 Å². The summed E-state index contributed by atoms with van der Waals surface area (Å²) in [6.45, 7) is 12.6. The van der Waals surface area contributed by atoms with Crippen LogP contribution in [0.2, 0.25) is 0 Å². The molecule has 2 heterocycles. The second-order valence-electron chi connectivity index (χ2n) is 13.6. The Morgan fingerprint density at radius 3 is 2.14 bits per heavy atom. The molecular formula is C35H48O15. The zero-order valence-electron chi connectivity index (χ0n) is 28.8. The minimum atomic E-state index is -3.94. The average Bonchev–Trinajstić information content (AvgIpc) is 3.25. The van der Waals surface area contributed by atoms with E-state index in [4.69, 9.17) is 18.9 Å². The molecule has 0 aliphatic carbocycles. The number of aliphatic carboxylic acids is 3. The number of esters is 2. The molecule has 15 nitrogen and oxygen atoms in total. The van der Waals surface area contributed by atoms with Crippen molar-refractivity contribution in [2.24, 2.45) is 17.8 Å². The lowest BCUT2D eigenvalue weighted by Gasteiger charge is -2.48. The standard InChI is InChI=1S/C35H48O15/c1-7-18(2)15-20(4)24(37)17-25(38)48-28-27(39)33(49-29(30(40)41)34(46,31(42)43)35(28,50-33)32(44)45)14-13-19(3)26(47-22(6)36)21(5)16-23-11-9-8-10-12-23/h8-12,18,20-21,24,26-29,37,39,46H,3,7,13-17H2,1-2,4-6H3,(H,40,41)(H,42,43)(H,44,45)/t18-,20-,21+,24+,26+,27+,28+,29+,33-,34+,35-/m0/s1. The predicted octanol–water partition coefficient (Wildman–Crippen LogP) is 2.08. The largest absolute Gasteiger partial charge is 0.479 e. The number of hydrogen-bond donors (Lipinski definition) is 6. The zero-order valence-corrected chi connectivity index (χ0v) is 28.8. The van der Waals surface area contributed by atoms with Crippen molar-refractivity contribution < 1.29 is 73.6 Å². The molecule has 50 heavy (non-hydrogen) atoms. The minimum Gasteiger partial charge on any atom is -0.479 e. The Kier molecular flexibility index (Phi) is 13.0. The highest BCUT2D eigenvalue weighted by molar-refractivity contribution is 5.98. The molecule has 11 atom stereocenters. The quantitative estimate of drug-likeness (QED) is 0.0944. The SMILES string of the molecule is C=C(CC[C@]12O[C@H](C(=O)O)[C@@](O)(C(=O)O)[C@](C(=O)O)(O1)[C@H](OC(=O)C[C@@H](O)[C@@H](C)C[C@@H](C)CC)[C@H]2O)[C@@H](OC(C)=O)[C@H](C)Cc1ccccc1. The van der Waals surface area contributed by atoms with E-state index in [0.29, 0.717) is 12.8 Å². The fourth-order valence-corrected chi connectivity index (χ4v) is 6.82. The summed E-state index contributed by atoms with van der Waals surface area (Å²) in [7, 11) is 0. The van der Waals surface area contributed by atoms with Crippen LogP contribution in [0.25, 0.3) is 0 Å². The molecule has 0 unspecified atom stereocenters. The Bertz CT molecular complexity index is 1430. The maximum Gasteiger partial charge on any atom is 0.344 e. The number of aliphatic hydroxyl groups excluding tert-OH is 2. The Balaban J connectivity index is 2.00. The summed E-state index contributed by atoms with van der Waals surface area (Å²) in [5, 5.41) is 64.3. The number of rotatable bonds is 18. The molecule has 3 rings (SSSR count). The Morgan fingerprint density at radius 2 is 1.62 bits per heavy atom. The summed E-state index contributed by atoms with van der Waals surface area (Å²) >= 11 is 0. The lowest BCUT2D eigenvalue weighted by molar-refractivity contribution is -0.374. The fraction of sp³-hybridized carbons (Fsp3) is 0.629. The molecule has 1 aromatic carbocycles. The van der Waals surface area contributed by atoms with Crippen LogP contribution in [0.15, 0.2) is 42.5 Å². The second-order valence-corrected chi connectivity index (χ2v) is 13.6. The van der Waals surface area contributed by atoms with E-state index in [1.54, 1.807) is 13.8 Å². The van der Waals surface area contributed by atoms with Crippen molar-refractivity contribution in [1.29, 1.82) is 0 Å². The van der Waals surface area contributed by atoms with Crippen LogP contribution < -0.4 is 0 Å². The molecule has 2 fully saturated rings. The molecule has 2 aliphatic rings. The number of carboxylic acid groups (broad SMARTS) is 3. The van der Waals surface area contributed by atoms with Crippen LogP contribution in [0, 0.1) is 17.8 Å². The van der Waals surface area contributed by atoms with E-state index >= 15 is 0 Å². The van der Waals surface area contributed by atoms with Gasteiger partial charge in [0.15, 0.2) is 6.10 Å². The molecule has 15 heteroatoms. The number of benzene rings is 1. The van der Waals surface area contributed by atoms with Gasteiger partial charge in [0.25, 0.3) is 0 Å². The van der Waals surface area contributed by atoms with Crippen LogP contribution in [0.1, 0.15) is 72.3 Å². The predicted molar refractivity (Wildman–Crippen MR) is 172 cm³/mol.